The summed E-state index contributed by atoms with van der Waals surface area (Å²) in [5, 5.41) is 3.03. The van der Waals surface area contributed by atoms with Gasteiger partial charge in [0, 0.05) is 12.5 Å². The molecule has 0 heterocycles. The minimum atomic E-state index is 0.280. The van der Waals surface area contributed by atoms with Gasteiger partial charge in [-0.25, -0.2) is 0 Å². The molecule has 2 aliphatic carbocycles. The first-order valence-corrected chi connectivity index (χ1v) is 7.29. The molecule has 0 aromatic rings. The lowest BCUT2D eigenvalue weighted by Crippen LogP contribution is -2.38. The summed E-state index contributed by atoms with van der Waals surface area (Å²) in [5.74, 6) is 2.33. The van der Waals surface area contributed by atoms with Crippen molar-refractivity contribution in [2.45, 2.75) is 51.4 Å². The zero-order valence-electron chi connectivity index (χ0n) is 10.8. The molecule has 3 nitrogen and oxygen atoms in total. The number of rotatable bonds is 4. The normalized spacial score (nSPS) is 32.9. The van der Waals surface area contributed by atoms with Crippen molar-refractivity contribution in [2.75, 3.05) is 13.1 Å². The van der Waals surface area contributed by atoms with Gasteiger partial charge in [0.2, 0.25) is 5.91 Å². The van der Waals surface area contributed by atoms with Gasteiger partial charge < -0.3 is 11.1 Å². The maximum absolute atomic E-state index is 12.0. The number of carbonyl (C=O) groups is 1. The van der Waals surface area contributed by atoms with Crippen LogP contribution >= 0.6 is 0 Å². The van der Waals surface area contributed by atoms with Crippen LogP contribution in [0.25, 0.3) is 0 Å². The fraction of sp³-hybridized carbons (Fsp3) is 0.929. The summed E-state index contributed by atoms with van der Waals surface area (Å²) >= 11 is 0. The van der Waals surface area contributed by atoms with Gasteiger partial charge in [-0.2, -0.15) is 0 Å². The third kappa shape index (κ3) is 3.44. The first kappa shape index (κ1) is 12.9. The van der Waals surface area contributed by atoms with Gasteiger partial charge in [0.1, 0.15) is 0 Å². The van der Waals surface area contributed by atoms with Gasteiger partial charge in [-0.05, 0) is 44.1 Å². The summed E-state index contributed by atoms with van der Waals surface area (Å²) in [6.45, 7) is 1.41. The smallest absolute Gasteiger partial charge is 0.223 e. The Morgan fingerprint density at radius 2 is 1.88 bits per heavy atom. The van der Waals surface area contributed by atoms with Crippen LogP contribution in [0.1, 0.15) is 51.4 Å². The zero-order chi connectivity index (χ0) is 12.1. The fourth-order valence-corrected chi connectivity index (χ4v) is 3.57. The van der Waals surface area contributed by atoms with E-state index >= 15 is 0 Å². The number of nitrogens with one attached hydrogen (secondary N) is 1. The molecule has 2 rings (SSSR count). The molecule has 1 amide bonds. The van der Waals surface area contributed by atoms with Crippen LogP contribution in [-0.2, 0) is 4.79 Å². The van der Waals surface area contributed by atoms with E-state index in [9.17, 15) is 4.79 Å². The molecule has 3 unspecified atom stereocenters. The number of amides is 1. The number of hydrogen-bond acceptors (Lipinski definition) is 2. The summed E-state index contributed by atoms with van der Waals surface area (Å²) in [6.07, 6.45) is 9.97. The Morgan fingerprint density at radius 3 is 2.65 bits per heavy atom. The molecule has 0 bridgehead atoms. The second kappa shape index (κ2) is 6.39. The minimum absolute atomic E-state index is 0.280. The second-order valence-corrected chi connectivity index (χ2v) is 5.75. The summed E-state index contributed by atoms with van der Waals surface area (Å²) in [7, 11) is 0. The molecule has 2 fully saturated rings. The van der Waals surface area contributed by atoms with Crippen LogP contribution in [0.4, 0.5) is 0 Å². The molecule has 3 atom stereocenters. The van der Waals surface area contributed by atoms with Gasteiger partial charge >= 0.3 is 0 Å². The van der Waals surface area contributed by atoms with Crippen molar-refractivity contribution in [1.29, 1.82) is 0 Å². The maximum atomic E-state index is 12.0. The maximum Gasteiger partial charge on any atom is 0.223 e. The number of hydrogen-bond donors (Lipinski definition) is 2. The van der Waals surface area contributed by atoms with Crippen LogP contribution in [0, 0.1) is 17.8 Å². The molecule has 2 saturated carbocycles. The average Bonchev–Trinajstić information content (AvgIpc) is 2.38. The van der Waals surface area contributed by atoms with Crippen LogP contribution in [0.3, 0.4) is 0 Å². The van der Waals surface area contributed by atoms with Gasteiger partial charge in [-0.3, -0.25) is 4.79 Å². The highest BCUT2D eigenvalue weighted by molar-refractivity contribution is 5.78. The largest absolute Gasteiger partial charge is 0.356 e. The Morgan fingerprint density at radius 1 is 1.12 bits per heavy atom. The molecule has 0 radical (unpaired) electrons. The first-order chi connectivity index (χ1) is 8.31. The van der Waals surface area contributed by atoms with Crippen molar-refractivity contribution in [3.8, 4) is 0 Å². The van der Waals surface area contributed by atoms with Gasteiger partial charge in [0.05, 0.1) is 0 Å². The lowest BCUT2D eigenvalue weighted by molar-refractivity contribution is -0.127. The Labute approximate surface area is 105 Å². The van der Waals surface area contributed by atoms with Crippen LogP contribution in [-0.4, -0.2) is 19.0 Å². The molecule has 0 aromatic carbocycles. The average molecular weight is 238 g/mol. The van der Waals surface area contributed by atoms with Crippen molar-refractivity contribution < 1.29 is 4.79 Å². The Hall–Kier alpha value is -0.570. The minimum Gasteiger partial charge on any atom is -0.356 e. The van der Waals surface area contributed by atoms with Gasteiger partial charge in [0.25, 0.3) is 0 Å². The standard InChI is InChI=1S/C14H26N2O/c15-8-3-9-16-14(17)13-7-6-11-4-1-2-5-12(11)10-13/h11-13H,1-10,15H2,(H,16,17). The molecule has 17 heavy (non-hydrogen) atoms. The summed E-state index contributed by atoms with van der Waals surface area (Å²) in [5.41, 5.74) is 5.43. The van der Waals surface area contributed by atoms with Gasteiger partial charge in [0.15, 0.2) is 0 Å². The summed E-state index contributed by atoms with van der Waals surface area (Å²) < 4.78 is 0. The van der Waals surface area contributed by atoms with Crippen molar-refractivity contribution in [3.63, 3.8) is 0 Å². The quantitative estimate of drug-likeness (QED) is 0.737. The molecule has 0 aromatic heterocycles. The van der Waals surface area contributed by atoms with E-state index in [1.807, 2.05) is 0 Å². The molecule has 0 aliphatic heterocycles. The SMILES string of the molecule is NCCCNC(=O)C1CCC2CCCCC2C1. The Kier molecular flexibility index (Phi) is 4.84. The number of carbonyl (C=O) groups excluding carboxylic acids is 1. The second-order valence-electron chi connectivity index (χ2n) is 5.75. The van der Waals surface area contributed by atoms with Crippen molar-refractivity contribution in [1.82, 2.24) is 5.32 Å². The monoisotopic (exact) mass is 238 g/mol. The highest BCUT2D eigenvalue weighted by atomic mass is 16.1. The molecular formula is C14H26N2O. The Bertz CT molecular complexity index is 255. The van der Waals surface area contributed by atoms with Crippen LogP contribution in [0.2, 0.25) is 0 Å². The molecule has 2 aliphatic rings. The van der Waals surface area contributed by atoms with Gasteiger partial charge in [-0.15, -0.1) is 0 Å². The highest BCUT2D eigenvalue weighted by Gasteiger charge is 2.34. The predicted octanol–water partition coefficient (Wildman–Crippen LogP) is 2.06. The molecule has 3 N–H and O–H groups in total. The van der Waals surface area contributed by atoms with Crippen LogP contribution in [0.5, 0.6) is 0 Å². The number of nitrogens with two attached hydrogens (primary N) is 1. The number of fused-ring (bicyclic) bond motifs is 1. The van der Waals surface area contributed by atoms with Crippen LogP contribution < -0.4 is 11.1 Å². The molecule has 98 valence electrons. The van der Waals surface area contributed by atoms with E-state index in [2.05, 4.69) is 5.32 Å². The van der Waals surface area contributed by atoms with E-state index in [-0.39, 0.29) is 11.8 Å². The lowest BCUT2D eigenvalue weighted by Gasteiger charge is -2.38. The van der Waals surface area contributed by atoms with E-state index in [1.54, 1.807) is 0 Å². The highest BCUT2D eigenvalue weighted by Crippen LogP contribution is 2.42. The van der Waals surface area contributed by atoms with Crippen molar-refractivity contribution in [3.05, 3.63) is 0 Å². The summed E-state index contributed by atoms with van der Waals surface area (Å²) in [6, 6.07) is 0. The van der Waals surface area contributed by atoms with Crippen molar-refractivity contribution in [2.24, 2.45) is 23.5 Å². The first-order valence-electron chi connectivity index (χ1n) is 7.29. The van der Waals surface area contributed by atoms with E-state index in [1.165, 1.54) is 32.1 Å². The topological polar surface area (TPSA) is 55.1 Å². The van der Waals surface area contributed by atoms with Crippen molar-refractivity contribution >= 4 is 5.91 Å². The van der Waals surface area contributed by atoms with E-state index in [4.69, 9.17) is 5.73 Å². The molecule has 3 heteroatoms. The third-order valence-electron chi connectivity index (χ3n) is 4.59. The Balaban J connectivity index is 1.76. The van der Waals surface area contributed by atoms with Crippen LogP contribution in [0.15, 0.2) is 0 Å². The fourth-order valence-electron chi connectivity index (χ4n) is 3.57. The molecule has 0 spiro atoms. The predicted molar refractivity (Wildman–Crippen MR) is 69.5 cm³/mol. The van der Waals surface area contributed by atoms with E-state index in [0.29, 0.717) is 6.54 Å². The van der Waals surface area contributed by atoms with Gasteiger partial charge in [-0.1, -0.05) is 25.7 Å². The lowest BCUT2D eigenvalue weighted by atomic mass is 9.67. The summed E-state index contributed by atoms with van der Waals surface area (Å²) in [4.78, 5) is 12.0. The third-order valence-corrected chi connectivity index (χ3v) is 4.59. The molecular weight excluding hydrogens is 212 g/mol. The zero-order valence-corrected chi connectivity index (χ0v) is 10.8. The van der Waals surface area contributed by atoms with E-state index < -0.39 is 0 Å². The molecule has 0 saturated heterocycles. The van der Waals surface area contributed by atoms with E-state index in [0.717, 1.165) is 37.6 Å².